The first-order valence-corrected chi connectivity index (χ1v) is 5.92. The normalized spacial score (nSPS) is 10.7. The predicted octanol–water partition coefficient (Wildman–Crippen LogP) is 1.91. The first-order chi connectivity index (χ1) is 5.25. The number of benzene rings is 1. The summed E-state index contributed by atoms with van der Waals surface area (Å²) in [6.45, 7) is 4.28. The molecule has 0 aliphatic heterocycles. The number of aromatic nitrogens is 1. The molecule has 0 spiro atoms. The van der Waals surface area contributed by atoms with Crippen molar-refractivity contribution < 1.29 is 0 Å². The van der Waals surface area contributed by atoms with Crippen LogP contribution in [-0.2, 0) is 0 Å². The van der Waals surface area contributed by atoms with Crippen LogP contribution in [0.3, 0.4) is 0 Å². The van der Waals surface area contributed by atoms with E-state index in [2.05, 4.69) is 37.0 Å². The van der Waals surface area contributed by atoms with Crippen LogP contribution in [0, 0.1) is 13.8 Å². The monoisotopic (exact) mass is 261 g/mol. The van der Waals surface area contributed by atoms with Crippen LogP contribution in [0.25, 0.3) is 8.92 Å². The van der Waals surface area contributed by atoms with Crippen LogP contribution in [0.15, 0.2) is 18.2 Å². The fourth-order valence-electron chi connectivity index (χ4n) is 1.15. The van der Waals surface area contributed by atoms with Gasteiger partial charge in [-0.25, -0.2) is 0 Å². The molecule has 2 heteroatoms. The van der Waals surface area contributed by atoms with E-state index < -0.39 is 0 Å². The summed E-state index contributed by atoms with van der Waals surface area (Å²) in [7, 11) is 0. The second-order valence-corrected chi connectivity index (χ2v) is 6.23. The third-order valence-electron chi connectivity index (χ3n) is 1.65. The van der Waals surface area contributed by atoms with Gasteiger partial charge >= 0.3 is 75.7 Å². The third kappa shape index (κ3) is 1.33. The third-order valence-corrected chi connectivity index (χ3v) is 4.32. The van der Waals surface area contributed by atoms with Gasteiger partial charge in [0.15, 0.2) is 0 Å². The zero-order chi connectivity index (χ0) is 7.84. The van der Waals surface area contributed by atoms with Crippen LogP contribution >= 0.6 is 0 Å². The van der Waals surface area contributed by atoms with Gasteiger partial charge in [-0.15, -0.1) is 0 Å². The topological polar surface area (TPSA) is 12.9 Å². The van der Waals surface area contributed by atoms with E-state index in [1.165, 1.54) is 18.2 Å². The molecule has 1 aromatic carbocycles. The van der Waals surface area contributed by atoms with Gasteiger partial charge in [-0.2, -0.15) is 0 Å². The van der Waals surface area contributed by atoms with Gasteiger partial charge < -0.3 is 0 Å². The Morgan fingerprint density at radius 3 is 2.91 bits per heavy atom. The summed E-state index contributed by atoms with van der Waals surface area (Å²) in [5.74, 6) is 0. The molecule has 2 rings (SSSR count). The molecule has 0 atom stereocenters. The molecular weight excluding hydrogens is 250 g/mol. The molecule has 0 unspecified atom stereocenters. The van der Waals surface area contributed by atoms with Crippen molar-refractivity contribution in [2.45, 2.75) is 13.8 Å². The van der Waals surface area contributed by atoms with Gasteiger partial charge in [0.2, 0.25) is 0 Å². The van der Waals surface area contributed by atoms with Gasteiger partial charge in [0.1, 0.15) is 0 Å². The Labute approximate surface area is 75.7 Å². The molecule has 11 heavy (non-hydrogen) atoms. The molecule has 0 saturated carbocycles. The van der Waals surface area contributed by atoms with Gasteiger partial charge in [0, 0.05) is 0 Å². The summed E-state index contributed by atoms with van der Waals surface area (Å²) < 4.78 is 2.86. The zero-order valence-corrected chi connectivity index (χ0v) is 8.92. The van der Waals surface area contributed by atoms with Crippen LogP contribution in [0.5, 0.6) is 0 Å². The molecule has 0 radical (unpaired) electrons. The quantitative estimate of drug-likeness (QED) is 0.658. The summed E-state index contributed by atoms with van der Waals surface area (Å²) in [4.78, 5) is 4.47. The first kappa shape index (κ1) is 7.34. The molecule has 0 N–H and O–H groups in total. The fraction of sp³-hybridized carbons (Fsp3) is 0.222. The van der Waals surface area contributed by atoms with Crippen molar-refractivity contribution in [2.24, 2.45) is 0 Å². The molecule has 0 amide bonds. The van der Waals surface area contributed by atoms with E-state index in [1.807, 2.05) is 0 Å². The molecule has 0 bridgehead atoms. The van der Waals surface area contributed by atoms with Gasteiger partial charge in [0.05, 0.1) is 0 Å². The number of hydrogen-bond donors (Lipinski definition) is 0. The van der Waals surface area contributed by atoms with Gasteiger partial charge in [0.25, 0.3) is 0 Å². The second kappa shape index (κ2) is 2.62. The fourth-order valence-corrected chi connectivity index (χ4v) is 3.79. The van der Waals surface area contributed by atoms with Crippen molar-refractivity contribution in [2.75, 3.05) is 0 Å². The average molecular weight is 259 g/mol. The van der Waals surface area contributed by atoms with E-state index in [1.54, 1.807) is 0 Å². The van der Waals surface area contributed by atoms with Crippen molar-refractivity contribution in [3.63, 3.8) is 0 Å². The van der Waals surface area contributed by atoms with Crippen LogP contribution in [0.2, 0.25) is 0 Å². The van der Waals surface area contributed by atoms with Crippen molar-refractivity contribution in [1.29, 1.82) is 0 Å². The number of hydrogen-bond acceptors (Lipinski definition) is 1. The van der Waals surface area contributed by atoms with Crippen LogP contribution in [-0.4, -0.2) is 25.4 Å². The number of rotatable bonds is 0. The maximum atomic E-state index is 4.47. The Morgan fingerprint density at radius 1 is 1.27 bits per heavy atom. The number of nitrogens with zero attached hydrogens (tertiary/aromatic N) is 1. The van der Waals surface area contributed by atoms with E-state index in [4.69, 9.17) is 0 Å². The number of aryl methyl sites for hydroxylation is 2. The maximum absolute atomic E-state index is 4.47. The van der Waals surface area contributed by atoms with E-state index in [0.29, 0.717) is 0 Å². The van der Waals surface area contributed by atoms with E-state index in [9.17, 15) is 0 Å². The van der Waals surface area contributed by atoms with E-state index in [0.717, 1.165) is 0 Å². The molecular formula is C9H9NTe. The Bertz CT molecular complexity index is 389. The Hall–Kier alpha value is -0.320. The Balaban J connectivity index is 2.82. The molecule has 0 saturated heterocycles. The minimum atomic E-state index is -0.0790. The van der Waals surface area contributed by atoms with Crippen molar-refractivity contribution in [3.8, 4) is 0 Å². The molecule has 1 heterocycles. The van der Waals surface area contributed by atoms with Crippen LogP contribution in [0.4, 0.5) is 0 Å². The summed E-state index contributed by atoms with van der Waals surface area (Å²) in [5.41, 5.74) is 2.58. The summed E-state index contributed by atoms with van der Waals surface area (Å²) >= 11 is -0.0790. The van der Waals surface area contributed by atoms with E-state index >= 15 is 0 Å². The molecule has 1 nitrogen and oxygen atoms in total. The van der Waals surface area contributed by atoms with Crippen LogP contribution in [0.1, 0.15) is 9.27 Å². The average Bonchev–Trinajstić information content (AvgIpc) is 2.27. The minimum absolute atomic E-state index is 0.0790. The van der Waals surface area contributed by atoms with E-state index in [-0.39, 0.29) is 20.4 Å². The van der Waals surface area contributed by atoms with Crippen LogP contribution < -0.4 is 0 Å². The summed E-state index contributed by atoms with van der Waals surface area (Å²) in [6.07, 6.45) is 0. The van der Waals surface area contributed by atoms with Crippen molar-refractivity contribution >= 4 is 29.3 Å². The zero-order valence-electron chi connectivity index (χ0n) is 6.59. The van der Waals surface area contributed by atoms with Gasteiger partial charge in [-0.3, -0.25) is 0 Å². The molecule has 56 valence electrons. The van der Waals surface area contributed by atoms with Crippen molar-refractivity contribution in [1.82, 2.24) is 4.98 Å². The predicted molar refractivity (Wildman–Crippen MR) is 48.2 cm³/mol. The molecule has 0 fully saturated rings. The molecule has 2 aromatic rings. The second-order valence-electron chi connectivity index (χ2n) is 2.70. The van der Waals surface area contributed by atoms with Gasteiger partial charge in [-0.05, 0) is 0 Å². The SMILES string of the molecule is Cc1ccc2nc(C)[te]c2c1. The number of fused-ring (bicyclic) bond motifs is 1. The van der Waals surface area contributed by atoms with Crippen molar-refractivity contribution in [3.05, 3.63) is 27.5 Å². The van der Waals surface area contributed by atoms with Gasteiger partial charge in [-0.1, -0.05) is 0 Å². The Kier molecular flexibility index (Phi) is 1.75. The first-order valence-electron chi connectivity index (χ1n) is 3.59. The summed E-state index contributed by atoms with van der Waals surface area (Å²) in [5, 5.41) is 0. The molecule has 1 aromatic heterocycles. The molecule has 0 aliphatic carbocycles. The standard InChI is InChI=1S/C9H9NTe/c1-6-3-4-8-9(5-6)11-7(2)10-8/h3-5H,1-2H3. The summed E-state index contributed by atoms with van der Waals surface area (Å²) in [6, 6.07) is 6.54. The molecule has 0 aliphatic rings. The Morgan fingerprint density at radius 2 is 2.09 bits per heavy atom.